The van der Waals surface area contributed by atoms with Gasteiger partial charge in [0, 0.05) is 23.3 Å². The summed E-state index contributed by atoms with van der Waals surface area (Å²) in [6.45, 7) is 5.73. The summed E-state index contributed by atoms with van der Waals surface area (Å²) in [4.78, 5) is 22.7. The lowest BCUT2D eigenvalue weighted by molar-refractivity contribution is -0.384. The number of carbonyl (C=O) groups excluding carboxylic acids is 1. The number of nitrogens with zero attached hydrogens (tertiary/aromatic N) is 1. The molecule has 6 heteroatoms. The van der Waals surface area contributed by atoms with Crippen LogP contribution in [-0.4, -0.2) is 17.3 Å². The highest BCUT2D eigenvalue weighted by atomic mass is 35.5. The minimum Gasteiger partial charge on any atom is -0.490 e. The monoisotopic (exact) mass is 331 g/mol. The average molecular weight is 332 g/mol. The normalized spacial score (nSPS) is 10.2. The number of carbonyl (C=O) groups is 1. The van der Waals surface area contributed by atoms with E-state index in [9.17, 15) is 14.9 Å². The summed E-state index contributed by atoms with van der Waals surface area (Å²) in [5.74, 6) is 0.339. The first-order valence-corrected chi connectivity index (χ1v) is 7.15. The van der Waals surface area contributed by atoms with Crippen molar-refractivity contribution in [2.24, 2.45) is 0 Å². The summed E-state index contributed by atoms with van der Waals surface area (Å²) >= 11 is 6.01. The fraction of sp³-hybridized carbons (Fsp3) is 0.118. The summed E-state index contributed by atoms with van der Waals surface area (Å²) in [6, 6.07) is 8.87. The Balaban J connectivity index is 2.33. The highest BCUT2D eigenvalue weighted by molar-refractivity contribution is 6.35. The Bertz CT molecular complexity index is 786. The molecule has 118 valence electrons. The van der Waals surface area contributed by atoms with E-state index in [0.29, 0.717) is 17.9 Å². The number of rotatable bonds is 6. The van der Waals surface area contributed by atoms with Gasteiger partial charge in [-0.05, 0) is 36.8 Å². The number of nitro groups is 1. The molecule has 0 N–H and O–H groups in total. The molecule has 2 rings (SSSR count). The van der Waals surface area contributed by atoms with Crippen LogP contribution in [0.1, 0.15) is 21.5 Å². The van der Waals surface area contributed by atoms with Gasteiger partial charge in [0.2, 0.25) is 0 Å². The fourth-order valence-corrected chi connectivity index (χ4v) is 2.34. The highest BCUT2D eigenvalue weighted by Crippen LogP contribution is 2.27. The number of benzene rings is 2. The van der Waals surface area contributed by atoms with Gasteiger partial charge in [0.15, 0.2) is 5.78 Å². The second kappa shape index (κ2) is 7.07. The number of hydrogen-bond donors (Lipinski definition) is 0. The molecule has 0 amide bonds. The average Bonchev–Trinajstić information content (AvgIpc) is 2.52. The number of halogens is 1. The Morgan fingerprint density at radius 3 is 2.57 bits per heavy atom. The quantitative estimate of drug-likeness (QED) is 0.341. The van der Waals surface area contributed by atoms with E-state index in [1.807, 2.05) is 0 Å². The molecule has 0 atom stereocenters. The number of ether oxygens (including phenoxy) is 1. The lowest BCUT2D eigenvalue weighted by atomic mass is 9.98. The molecule has 0 saturated carbocycles. The Kier molecular flexibility index (Phi) is 5.13. The van der Waals surface area contributed by atoms with Crippen LogP contribution in [0.15, 0.2) is 49.1 Å². The maximum Gasteiger partial charge on any atom is 0.270 e. The van der Waals surface area contributed by atoms with Gasteiger partial charge in [-0.25, -0.2) is 0 Å². The summed E-state index contributed by atoms with van der Waals surface area (Å²) in [5.41, 5.74) is 1.26. The van der Waals surface area contributed by atoms with Crippen molar-refractivity contribution < 1.29 is 14.5 Å². The van der Waals surface area contributed by atoms with Gasteiger partial charge in [-0.1, -0.05) is 24.3 Å². The van der Waals surface area contributed by atoms with E-state index < -0.39 is 4.92 Å². The van der Waals surface area contributed by atoms with Crippen molar-refractivity contribution >= 4 is 23.1 Å². The van der Waals surface area contributed by atoms with Crippen molar-refractivity contribution in [3.63, 3.8) is 0 Å². The van der Waals surface area contributed by atoms with Crippen molar-refractivity contribution in [1.29, 1.82) is 0 Å². The third kappa shape index (κ3) is 3.76. The van der Waals surface area contributed by atoms with Crippen LogP contribution in [0.5, 0.6) is 5.75 Å². The van der Waals surface area contributed by atoms with Crippen molar-refractivity contribution in [2.45, 2.75) is 6.92 Å². The van der Waals surface area contributed by atoms with E-state index in [2.05, 4.69) is 6.58 Å². The van der Waals surface area contributed by atoms with Gasteiger partial charge in [-0.3, -0.25) is 14.9 Å². The first-order chi connectivity index (χ1) is 10.9. The molecule has 5 nitrogen and oxygen atoms in total. The topological polar surface area (TPSA) is 69.4 Å². The van der Waals surface area contributed by atoms with Gasteiger partial charge in [-0.2, -0.15) is 0 Å². The summed E-state index contributed by atoms with van der Waals surface area (Å²) in [7, 11) is 0. The zero-order valence-electron chi connectivity index (χ0n) is 12.4. The minimum atomic E-state index is -0.558. The first kappa shape index (κ1) is 16.7. The molecule has 0 aliphatic heterocycles. The van der Waals surface area contributed by atoms with E-state index in [-0.39, 0.29) is 22.1 Å². The largest absolute Gasteiger partial charge is 0.490 e. The van der Waals surface area contributed by atoms with E-state index in [0.717, 1.165) is 5.56 Å². The summed E-state index contributed by atoms with van der Waals surface area (Å²) in [6.07, 6.45) is 1.63. The molecule has 0 heterocycles. The van der Waals surface area contributed by atoms with E-state index >= 15 is 0 Å². The van der Waals surface area contributed by atoms with Crippen molar-refractivity contribution in [3.8, 4) is 5.75 Å². The standard InChI is InChI=1S/C17H14ClNO4/c1-3-8-23-13-5-7-14(11(2)9-13)17(20)15-6-4-12(19(21)22)10-16(15)18/h3-7,9-10H,1,8H2,2H3. The maximum atomic E-state index is 12.6. The number of aryl methyl sites for hydroxylation is 1. The Morgan fingerprint density at radius 2 is 2.00 bits per heavy atom. The SMILES string of the molecule is C=CCOc1ccc(C(=O)c2ccc([N+](=O)[O-])cc2Cl)c(C)c1. The molecule has 0 aliphatic carbocycles. The van der Waals surface area contributed by atoms with Gasteiger partial charge < -0.3 is 4.74 Å². The first-order valence-electron chi connectivity index (χ1n) is 6.77. The molecule has 0 saturated heterocycles. The molecule has 0 bridgehead atoms. The lowest BCUT2D eigenvalue weighted by Crippen LogP contribution is -2.05. The van der Waals surface area contributed by atoms with E-state index in [1.54, 1.807) is 31.2 Å². The van der Waals surface area contributed by atoms with E-state index in [1.165, 1.54) is 18.2 Å². The predicted octanol–water partition coefficient (Wildman–Crippen LogP) is 4.35. The number of nitro benzene ring substituents is 1. The van der Waals surface area contributed by atoms with E-state index in [4.69, 9.17) is 16.3 Å². The van der Waals surface area contributed by atoms with Crippen molar-refractivity contribution in [2.75, 3.05) is 6.61 Å². The second-order valence-electron chi connectivity index (χ2n) is 4.83. The van der Waals surface area contributed by atoms with Crippen LogP contribution >= 0.6 is 11.6 Å². The number of non-ortho nitro benzene ring substituents is 1. The molecule has 0 aromatic heterocycles. The third-order valence-corrected chi connectivity index (χ3v) is 3.53. The molecule has 0 unspecified atom stereocenters. The lowest BCUT2D eigenvalue weighted by Gasteiger charge is -2.09. The van der Waals surface area contributed by atoms with Crippen LogP contribution in [-0.2, 0) is 0 Å². The molecular formula is C17H14ClNO4. The highest BCUT2D eigenvalue weighted by Gasteiger charge is 2.18. The smallest absolute Gasteiger partial charge is 0.270 e. The van der Waals surface area contributed by atoms with Crippen LogP contribution in [0.3, 0.4) is 0 Å². The summed E-state index contributed by atoms with van der Waals surface area (Å²) in [5, 5.41) is 10.8. The van der Waals surface area contributed by atoms with Crippen LogP contribution in [0.2, 0.25) is 5.02 Å². The van der Waals surface area contributed by atoms with Crippen LogP contribution in [0.25, 0.3) is 0 Å². The molecule has 0 radical (unpaired) electrons. The summed E-state index contributed by atoms with van der Waals surface area (Å²) < 4.78 is 5.41. The van der Waals surface area contributed by atoms with Crippen molar-refractivity contribution in [1.82, 2.24) is 0 Å². The van der Waals surface area contributed by atoms with Gasteiger partial charge in [0.25, 0.3) is 5.69 Å². The zero-order chi connectivity index (χ0) is 17.0. The molecule has 2 aromatic carbocycles. The van der Waals surface area contributed by atoms with Crippen LogP contribution < -0.4 is 4.74 Å². The predicted molar refractivity (Wildman–Crippen MR) is 88.4 cm³/mol. The Labute approximate surface area is 138 Å². The molecule has 0 spiro atoms. The van der Waals surface area contributed by atoms with Gasteiger partial charge in [-0.15, -0.1) is 0 Å². The number of hydrogen-bond acceptors (Lipinski definition) is 4. The van der Waals surface area contributed by atoms with Crippen molar-refractivity contribution in [3.05, 3.63) is 80.9 Å². The molecule has 2 aromatic rings. The molecule has 0 fully saturated rings. The van der Waals surface area contributed by atoms with Gasteiger partial charge in [0.05, 0.1) is 9.95 Å². The molecule has 0 aliphatic rings. The van der Waals surface area contributed by atoms with Crippen LogP contribution in [0.4, 0.5) is 5.69 Å². The third-order valence-electron chi connectivity index (χ3n) is 3.22. The fourth-order valence-electron chi connectivity index (χ4n) is 2.08. The Morgan fingerprint density at radius 1 is 1.30 bits per heavy atom. The Hall–Kier alpha value is -2.66. The molecular weight excluding hydrogens is 318 g/mol. The van der Waals surface area contributed by atoms with Gasteiger partial charge in [0.1, 0.15) is 12.4 Å². The van der Waals surface area contributed by atoms with Gasteiger partial charge >= 0.3 is 0 Å². The number of ketones is 1. The second-order valence-corrected chi connectivity index (χ2v) is 5.23. The molecule has 23 heavy (non-hydrogen) atoms. The van der Waals surface area contributed by atoms with Crippen LogP contribution in [0, 0.1) is 17.0 Å². The minimum absolute atomic E-state index is 0.0515. The zero-order valence-corrected chi connectivity index (χ0v) is 13.2. The maximum absolute atomic E-state index is 12.6.